The number of benzene rings is 1. The highest BCUT2D eigenvalue weighted by molar-refractivity contribution is 5.89. The van der Waals surface area contributed by atoms with Gasteiger partial charge in [0.2, 0.25) is 0 Å². The second kappa shape index (κ2) is 17.2. The Hall–Kier alpha value is -1.51. The van der Waals surface area contributed by atoms with E-state index in [1.54, 1.807) is 12.1 Å². The van der Waals surface area contributed by atoms with Gasteiger partial charge in [0.05, 0.1) is 5.56 Å². The first-order valence-corrected chi connectivity index (χ1v) is 12.6. The lowest BCUT2D eigenvalue weighted by atomic mass is 9.87. The molecule has 172 valence electrons. The summed E-state index contributed by atoms with van der Waals surface area (Å²) in [6.07, 6.45) is 21.4. The third kappa shape index (κ3) is 12.2. The summed E-state index contributed by atoms with van der Waals surface area (Å²) in [5.74, 6) is -0.216. The molecular formula is C27H46O3. The number of aromatic carboxylic acids is 1. The monoisotopic (exact) mass is 418 g/mol. The van der Waals surface area contributed by atoms with Crippen molar-refractivity contribution in [2.45, 2.75) is 123 Å². The average Bonchev–Trinajstić information content (AvgIpc) is 2.72. The standard InChI is InChI=1S/C27H46O3/c1-3-5-7-9-11-12-14-16-18-23(17-15-13-10-8-6-4-2)21-24-22-25(28)19-20-26(24)27(29)30/h19-20,22-23,28H,3-18,21H2,1-2H3,(H,29,30). The Labute approximate surface area is 185 Å². The van der Waals surface area contributed by atoms with E-state index in [2.05, 4.69) is 13.8 Å². The molecule has 0 saturated heterocycles. The lowest BCUT2D eigenvalue weighted by Gasteiger charge is -2.18. The van der Waals surface area contributed by atoms with Gasteiger partial charge in [0, 0.05) is 0 Å². The van der Waals surface area contributed by atoms with Crippen LogP contribution in [-0.2, 0) is 6.42 Å². The summed E-state index contributed by atoms with van der Waals surface area (Å²) in [5, 5.41) is 19.4. The van der Waals surface area contributed by atoms with E-state index < -0.39 is 5.97 Å². The van der Waals surface area contributed by atoms with Gasteiger partial charge in [-0.25, -0.2) is 4.79 Å². The quantitative estimate of drug-likeness (QED) is 0.221. The molecule has 0 heterocycles. The summed E-state index contributed by atoms with van der Waals surface area (Å²) in [6.45, 7) is 4.50. The fourth-order valence-corrected chi connectivity index (χ4v) is 4.40. The Bertz CT molecular complexity index is 567. The number of rotatable bonds is 19. The number of hydrogen-bond donors (Lipinski definition) is 2. The van der Waals surface area contributed by atoms with Crippen molar-refractivity contribution < 1.29 is 15.0 Å². The molecule has 1 aromatic carbocycles. The summed E-state index contributed by atoms with van der Waals surface area (Å²) < 4.78 is 0. The highest BCUT2D eigenvalue weighted by Gasteiger charge is 2.16. The maximum atomic E-state index is 11.6. The van der Waals surface area contributed by atoms with E-state index in [4.69, 9.17) is 0 Å². The van der Waals surface area contributed by atoms with E-state index in [0.29, 0.717) is 11.5 Å². The number of hydrogen-bond acceptors (Lipinski definition) is 2. The number of carboxylic acids is 1. The number of carboxylic acid groups (broad SMARTS) is 1. The van der Waals surface area contributed by atoms with Crippen molar-refractivity contribution >= 4 is 5.97 Å². The number of aromatic hydroxyl groups is 1. The molecule has 2 N–H and O–H groups in total. The normalized spacial score (nSPS) is 12.2. The highest BCUT2D eigenvalue weighted by atomic mass is 16.4. The van der Waals surface area contributed by atoms with E-state index in [1.807, 2.05) is 0 Å². The van der Waals surface area contributed by atoms with Crippen LogP contribution in [-0.4, -0.2) is 16.2 Å². The lowest BCUT2D eigenvalue weighted by molar-refractivity contribution is 0.0695. The Morgan fingerprint density at radius 3 is 1.70 bits per heavy atom. The molecule has 0 fully saturated rings. The van der Waals surface area contributed by atoms with Crippen LogP contribution in [0.3, 0.4) is 0 Å². The zero-order valence-electron chi connectivity index (χ0n) is 19.6. The molecule has 0 aliphatic carbocycles. The maximum Gasteiger partial charge on any atom is 0.335 e. The molecular weight excluding hydrogens is 372 g/mol. The van der Waals surface area contributed by atoms with Gasteiger partial charge < -0.3 is 10.2 Å². The van der Waals surface area contributed by atoms with Gasteiger partial charge in [-0.2, -0.15) is 0 Å². The molecule has 1 aromatic rings. The van der Waals surface area contributed by atoms with Crippen LogP contribution in [0.25, 0.3) is 0 Å². The molecule has 30 heavy (non-hydrogen) atoms. The molecule has 3 heteroatoms. The predicted octanol–water partition coefficient (Wildman–Crippen LogP) is 8.53. The summed E-state index contributed by atoms with van der Waals surface area (Å²) in [6, 6.07) is 4.69. The predicted molar refractivity (Wildman–Crippen MR) is 127 cm³/mol. The van der Waals surface area contributed by atoms with Gasteiger partial charge in [-0.3, -0.25) is 0 Å². The van der Waals surface area contributed by atoms with Crippen LogP contribution in [0, 0.1) is 5.92 Å². The molecule has 0 aromatic heterocycles. The van der Waals surface area contributed by atoms with Gasteiger partial charge in [0.25, 0.3) is 0 Å². The van der Waals surface area contributed by atoms with Gasteiger partial charge >= 0.3 is 5.97 Å². The molecule has 1 atom stereocenters. The van der Waals surface area contributed by atoms with Crippen LogP contribution in [0.15, 0.2) is 18.2 Å². The molecule has 0 bridgehead atoms. The Morgan fingerprint density at radius 2 is 1.23 bits per heavy atom. The van der Waals surface area contributed by atoms with Crippen molar-refractivity contribution in [2.24, 2.45) is 5.92 Å². The Balaban J connectivity index is 2.52. The van der Waals surface area contributed by atoms with E-state index in [-0.39, 0.29) is 5.75 Å². The minimum absolute atomic E-state index is 0.167. The first kappa shape index (κ1) is 26.5. The Morgan fingerprint density at radius 1 is 0.767 bits per heavy atom. The zero-order chi connectivity index (χ0) is 22.0. The summed E-state index contributed by atoms with van der Waals surface area (Å²) in [4.78, 5) is 11.6. The van der Waals surface area contributed by atoms with Crippen LogP contribution < -0.4 is 0 Å². The lowest BCUT2D eigenvalue weighted by Crippen LogP contribution is -2.10. The van der Waals surface area contributed by atoms with Gasteiger partial charge in [0.15, 0.2) is 0 Å². The molecule has 0 amide bonds. The number of unbranched alkanes of at least 4 members (excludes halogenated alkanes) is 12. The fourth-order valence-electron chi connectivity index (χ4n) is 4.40. The van der Waals surface area contributed by atoms with Crippen LogP contribution >= 0.6 is 0 Å². The van der Waals surface area contributed by atoms with E-state index >= 15 is 0 Å². The summed E-state index contributed by atoms with van der Waals surface area (Å²) >= 11 is 0. The van der Waals surface area contributed by atoms with Crippen molar-refractivity contribution in [1.29, 1.82) is 0 Å². The Kier molecular flexibility index (Phi) is 15.2. The average molecular weight is 419 g/mol. The van der Waals surface area contributed by atoms with Crippen molar-refractivity contribution in [1.82, 2.24) is 0 Å². The van der Waals surface area contributed by atoms with E-state index in [1.165, 1.54) is 102 Å². The number of phenolic OH excluding ortho intramolecular Hbond substituents is 1. The molecule has 1 rings (SSSR count). The SMILES string of the molecule is CCCCCCCCCCC(CCCCCCCC)Cc1cc(O)ccc1C(=O)O. The molecule has 0 aliphatic rings. The third-order valence-corrected chi connectivity index (χ3v) is 6.26. The van der Waals surface area contributed by atoms with Gasteiger partial charge in [-0.15, -0.1) is 0 Å². The van der Waals surface area contributed by atoms with Gasteiger partial charge in [0.1, 0.15) is 5.75 Å². The smallest absolute Gasteiger partial charge is 0.335 e. The van der Waals surface area contributed by atoms with Crippen molar-refractivity contribution in [2.75, 3.05) is 0 Å². The fraction of sp³-hybridized carbons (Fsp3) is 0.741. The van der Waals surface area contributed by atoms with Crippen molar-refractivity contribution in [3.05, 3.63) is 29.3 Å². The number of phenols is 1. The number of carbonyl (C=O) groups is 1. The minimum Gasteiger partial charge on any atom is -0.508 e. The zero-order valence-corrected chi connectivity index (χ0v) is 19.6. The van der Waals surface area contributed by atoms with Crippen molar-refractivity contribution in [3.63, 3.8) is 0 Å². The molecule has 0 spiro atoms. The largest absolute Gasteiger partial charge is 0.508 e. The van der Waals surface area contributed by atoms with Gasteiger partial charge in [-0.05, 0) is 36.1 Å². The molecule has 0 saturated carbocycles. The third-order valence-electron chi connectivity index (χ3n) is 6.26. The van der Waals surface area contributed by atoms with E-state index in [0.717, 1.165) is 18.4 Å². The molecule has 3 nitrogen and oxygen atoms in total. The minimum atomic E-state index is -0.893. The molecule has 1 unspecified atom stereocenters. The topological polar surface area (TPSA) is 57.5 Å². The first-order valence-electron chi connectivity index (χ1n) is 12.6. The second-order valence-corrected chi connectivity index (χ2v) is 9.04. The van der Waals surface area contributed by atoms with Crippen molar-refractivity contribution in [3.8, 4) is 5.75 Å². The van der Waals surface area contributed by atoms with Crippen LogP contribution in [0.1, 0.15) is 133 Å². The summed E-state index contributed by atoms with van der Waals surface area (Å²) in [5.41, 5.74) is 1.13. The summed E-state index contributed by atoms with van der Waals surface area (Å²) in [7, 11) is 0. The van der Waals surface area contributed by atoms with Gasteiger partial charge in [-0.1, -0.05) is 117 Å². The maximum absolute atomic E-state index is 11.6. The molecule has 0 radical (unpaired) electrons. The van der Waals surface area contributed by atoms with Crippen LogP contribution in [0.4, 0.5) is 0 Å². The molecule has 0 aliphatic heterocycles. The van der Waals surface area contributed by atoms with Crippen LogP contribution in [0.5, 0.6) is 5.75 Å². The first-order chi connectivity index (χ1) is 14.6. The van der Waals surface area contributed by atoms with Crippen LogP contribution in [0.2, 0.25) is 0 Å². The highest BCUT2D eigenvalue weighted by Crippen LogP contribution is 2.27. The van der Waals surface area contributed by atoms with E-state index in [9.17, 15) is 15.0 Å². The second-order valence-electron chi connectivity index (χ2n) is 9.04.